The van der Waals surface area contributed by atoms with Crippen LogP contribution in [0.5, 0.6) is 11.5 Å². The second-order valence-corrected chi connectivity index (χ2v) is 6.94. The summed E-state index contributed by atoms with van der Waals surface area (Å²) in [6.45, 7) is 2.11. The lowest BCUT2D eigenvalue weighted by atomic mass is 9.81. The third kappa shape index (κ3) is 2.76. The molecule has 0 radical (unpaired) electrons. The van der Waals surface area contributed by atoms with Crippen molar-refractivity contribution in [1.82, 2.24) is 4.90 Å². The maximum atomic E-state index is 11.8. The maximum absolute atomic E-state index is 11.8. The van der Waals surface area contributed by atoms with E-state index >= 15 is 0 Å². The molecule has 2 fully saturated rings. The SMILES string of the molecule is COc1cc(CN2C[C@@H]3CCC[C@@]3(C(=O)O)C2)cc(Cl)c1OC. The number of carbonyl (C=O) groups is 1. The molecular weight excluding hydrogens is 318 g/mol. The van der Waals surface area contributed by atoms with Gasteiger partial charge in [-0.05, 0) is 36.5 Å². The van der Waals surface area contributed by atoms with Crippen LogP contribution >= 0.6 is 11.6 Å². The first-order valence-electron chi connectivity index (χ1n) is 7.86. The van der Waals surface area contributed by atoms with Gasteiger partial charge in [0, 0.05) is 19.6 Å². The van der Waals surface area contributed by atoms with Crippen LogP contribution in [0.3, 0.4) is 0 Å². The Hall–Kier alpha value is -1.46. The van der Waals surface area contributed by atoms with Crippen LogP contribution < -0.4 is 9.47 Å². The van der Waals surface area contributed by atoms with E-state index in [-0.39, 0.29) is 5.92 Å². The molecule has 1 aliphatic heterocycles. The number of fused-ring (bicyclic) bond motifs is 1. The minimum Gasteiger partial charge on any atom is -0.493 e. The van der Waals surface area contributed by atoms with Crippen LogP contribution in [0.25, 0.3) is 0 Å². The van der Waals surface area contributed by atoms with Gasteiger partial charge in [-0.15, -0.1) is 0 Å². The lowest BCUT2D eigenvalue weighted by molar-refractivity contribution is -0.149. The molecule has 1 saturated heterocycles. The van der Waals surface area contributed by atoms with Crippen LogP contribution in [-0.4, -0.2) is 43.3 Å². The molecule has 0 bridgehead atoms. The van der Waals surface area contributed by atoms with Gasteiger partial charge in [-0.2, -0.15) is 0 Å². The van der Waals surface area contributed by atoms with Gasteiger partial charge in [0.15, 0.2) is 11.5 Å². The second-order valence-electron chi connectivity index (χ2n) is 6.53. The predicted molar refractivity (Wildman–Crippen MR) is 87.2 cm³/mol. The number of halogens is 1. The summed E-state index contributed by atoms with van der Waals surface area (Å²) in [6, 6.07) is 3.77. The summed E-state index contributed by atoms with van der Waals surface area (Å²) in [4.78, 5) is 14.0. The van der Waals surface area contributed by atoms with Crippen LogP contribution in [0.15, 0.2) is 12.1 Å². The predicted octanol–water partition coefficient (Wildman–Crippen LogP) is 3.04. The van der Waals surface area contributed by atoms with Crippen molar-refractivity contribution in [2.24, 2.45) is 11.3 Å². The fourth-order valence-electron chi connectivity index (χ4n) is 4.18. The van der Waals surface area contributed by atoms with Gasteiger partial charge in [0.2, 0.25) is 0 Å². The summed E-state index contributed by atoms with van der Waals surface area (Å²) in [6.07, 6.45) is 2.82. The van der Waals surface area contributed by atoms with E-state index in [0.29, 0.717) is 29.6 Å². The number of methoxy groups -OCH3 is 2. The van der Waals surface area contributed by atoms with Crippen molar-refractivity contribution in [2.75, 3.05) is 27.3 Å². The number of aliphatic carboxylic acids is 1. The highest BCUT2D eigenvalue weighted by molar-refractivity contribution is 6.32. The zero-order valence-electron chi connectivity index (χ0n) is 13.5. The van der Waals surface area contributed by atoms with Crippen molar-refractivity contribution in [3.8, 4) is 11.5 Å². The number of carboxylic acid groups (broad SMARTS) is 1. The van der Waals surface area contributed by atoms with Gasteiger partial charge in [-0.3, -0.25) is 9.69 Å². The Morgan fingerprint density at radius 1 is 1.43 bits per heavy atom. The third-order valence-electron chi connectivity index (χ3n) is 5.27. The van der Waals surface area contributed by atoms with Gasteiger partial charge >= 0.3 is 5.97 Å². The zero-order valence-corrected chi connectivity index (χ0v) is 14.2. The molecule has 1 aromatic carbocycles. The van der Waals surface area contributed by atoms with Gasteiger partial charge in [0.05, 0.1) is 24.7 Å². The van der Waals surface area contributed by atoms with E-state index in [1.165, 1.54) is 0 Å². The summed E-state index contributed by atoms with van der Waals surface area (Å²) in [5.41, 5.74) is 0.452. The number of benzene rings is 1. The first-order chi connectivity index (χ1) is 11.0. The van der Waals surface area contributed by atoms with E-state index in [0.717, 1.165) is 31.4 Å². The molecule has 23 heavy (non-hydrogen) atoms. The normalized spacial score (nSPS) is 27.0. The average molecular weight is 340 g/mol. The van der Waals surface area contributed by atoms with Gasteiger partial charge < -0.3 is 14.6 Å². The molecule has 0 unspecified atom stereocenters. The maximum Gasteiger partial charge on any atom is 0.311 e. The monoisotopic (exact) mass is 339 g/mol. The number of rotatable bonds is 5. The second kappa shape index (κ2) is 6.21. The summed E-state index contributed by atoms with van der Waals surface area (Å²) < 4.78 is 10.6. The lowest BCUT2D eigenvalue weighted by Gasteiger charge is -2.23. The molecule has 3 rings (SSSR count). The molecule has 6 heteroatoms. The van der Waals surface area contributed by atoms with Crippen molar-refractivity contribution in [3.63, 3.8) is 0 Å². The molecule has 1 saturated carbocycles. The van der Waals surface area contributed by atoms with E-state index in [9.17, 15) is 9.90 Å². The van der Waals surface area contributed by atoms with E-state index in [1.807, 2.05) is 12.1 Å². The summed E-state index contributed by atoms with van der Waals surface area (Å²) >= 11 is 6.25. The molecule has 0 amide bonds. The number of carboxylic acids is 1. The van der Waals surface area contributed by atoms with E-state index in [2.05, 4.69) is 4.90 Å². The molecule has 2 atom stereocenters. The van der Waals surface area contributed by atoms with Gasteiger partial charge in [-0.1, -0.05) is 18.0 Å². The van der Waals surface area contributed by atoms with Crippen molar-refractivity contribution >= 4 is 17.6 Å². The topological polar surface area (TPSA) is 59.0 Å². The highest BCUT2D eigenvalue weighted by atomic mass is 35.5. The van der Waals surface area contributed by atoms with Crippen molar-refractivity contribution in [2.45, 2.75) is 25.8 Å². The largest absolute Gasteiger partial charge is 0.493 e. The van der Waals surface area contributed by atoms with Crippen LogP contribution in [0.4, 0.5) is 0 Å². The molecule has 1 heterocycles. The van der Waals surface area contributed by atoms with E-state index in [1.54, 1.807) is 14.2 Å². The summed E-state index contributed by atoms with van der Waals surface area (Å²) in [5, 5.41) is 10.2. The van der Waals surface area contributed by atoms with Gasteiger partial charge in [0.1, 0.15) is 0 Å². The Bertz CT molecular complexity index is 621. The fourth-order valence-corrected chi connectivity index (χ4v) is 4.49. The highest BCUT2D eigenvalue weighted by Crippen LogP contribution is 2.49. The van der Waals surface area contributed by atoms with Crippen molar-refractivity contribution < 1.29 is 19.4 Å². The fraction of sp³-hybridized carbons (Fsp3) is 0.588. The smallest absolute Gasteiger partial charge is 0.311 e. The molecule has 1 N–H and O–H groups in total. The van der Waals surface area contributed by atoms with E-state index in [4.69, 9.17) is 21.1 Å². The third-order valence-corrected chi connectivity index (χ3v) is 5.55. The molecule has 0 spiro atoms. The highest BCUT2D eigenvalue weighted by Gasteiger charge is 2.54. The first kappa shape index (κ1) is 16.4. The first-order valence-corrected chi connectivity index (χ1v) is 8.24. The van der Waals surface area contributed by atoms with Crippen LogP contribution in [0.2, 0.25) is 5.02 Å². The van der Waals surface area contributed by atoms with Crippen LogP contribution in [-0.2, 0) is 11.3 Å². The van der Waals surface area contributed by atoms with Crippen LogP contribution in [0.1, 0.15) is 24.8 Å². The molecule has 126 valence electrons. The number of hydrogen-bond donors (Lipinski definition) is 1. The molecule has 1 aliphatic carbocycles. The molecule has 0 aromatic heterocycles. The minimum absolute atomic E-state index is 0.260. The Balaban J connectivity index is 1.79. The summed E-state index contributed by atoms with van der Waals surface area (Å²) in [5.74, 6) is 0.740. The Morgan fingerprint density at radius 3 is 2.83 bits per heavy atom. The zero-order chi connectivity index (χ0) is 16.6. The molecule has 2 aliphatic rings. The van der Waals surface area contributed by atoms with E-state index < -0.39 is 11.4 Å². The standard InChI is InChI=1S/C17H22ClNO4/c1-22-14-7-11(6-13(18)15(14)23-2)8-19-9-12-4-3-5-17(12,10-19)16(20)21/h6-7,12H,3-5,8-10H2,1-2H3,(H,20,21)/t12-,17+/m0/s1. The van der Waals surface area contributed by atoms with Crippen molar-refractivity contribution in [3.05, 3.63) is 22.7 Å². The van der Waals surface area contributed by atoms with Crippen molar-refractivity contribution in [1.29, 1.82) is 0 Å². The molecular formula is C17H22ClNO4. The summed E-state index contributed by atoms with van der Waals surface area (Å²) in [7, 11) is 3.14. The average Bonchev–Trinajstić information content (AvgIpc) is 3.04. The van der Waals surface area contributed by atoms with Crippen LogP contribution in [0, 0.1) is 11.3 Å². The number of ether oxygens (including phenoxy) is 2. The Kier molecular flexibility index (Phi) is 4.43. The molecule has 5 nitrogen and oxygen atoms in total. The van der Waals surface area contributed by atoms with Gasteiger partial charge in [0.25, 0.3) is 0 Å². The molecule has 1 aromatic rings. The Morgan fingerprint density at radius 2 is 2.22 bits per heavy atom. The Labute approximate surface area is 141 Å². The van der Waals surface area contributed by atoms with Gasteiger partial charge in [-0.25, -0.2) is 0 Å². The minimum atomic E-state index is -0.646. The quantitative estimate of drug-likeness (QED) is 0.893. The lowest BCUT2D eigenvalue weighted by Crippen LogP contribution is -2.35. The number of likely N-dealkylation sites (tertiary alicyclic amines) is 1. The number of hydrogen-bond acceptors (Lipinski definition) is 4. The number of nitrogens with zero attached hydrogens (tertiary/aromatic N) is 1.